The SMILES string of the molecule is COCOc1ccc(C2CO2)cc1OCOC. The highest BCUT2D eigenvalue weighted by atomic mass is 16.7. The predicted octanol–water partition coefficient (Wildman–Crippen LogP) is 1.72. The van der Waals surface area contributed by atoms with Gasteiger partial charge in [0.2, 0.25) is 0 Å². The van der Waals surface area contributed by atoms with E-state index in [1.807, 2.05) is 18.2 Å². The van der Waals surface area contributed by atoms with Crippen LogP contribution in [0.1, 0.15) is 11.7 Å². The zero-order valence-corrected chi connectivity index (χ0v) is 9.97. The maximum Gasteiger partial charge on any atom is 0.188 e. The molecule has 0 aromatic heterocycles. The Kier molecular flexibility index (Phi) is 4.19. The molecule has 1 aliphatic heterocycles. The van der Waals surface area contributed by atoms with Gasteiger partial charge < -0.3 is 23.7 Å². The number of hydrogen-bond acceptors (Lipinski definition) is 5. The van der Waals surface area contributed by atoms with Crippen molar-refractivity contribution in [3.05, 3.63) is 23.8 Å². The molecule has 94 valence electrons. The van der Waals surface area contributed by atoms with Crippen LogP contribution in [-0.4, -0.2) is 34.4 Å². The number of epoxide rings is 1. The van der Waals surface area contributed by atoms with Gasteiger partial charge in [0, 0.05) is 14.2 Å². The zero-order valence-electron chi connectivity index (χ0n) is 9.97. The predicted molar refractivity (Wildman–Crippen MR) is 60.1 cm³/mol. The van der Waals surface area contributed by atoms with Crippen LogP contribution < -0.4 is 9.47 Å². The van der Waals surface area contributed by atoms with Gasteiger partial charge in [-0.25, -0.2) is 0 Å². The molecule has 1 saturated heterocycles. The minimum Gasteiger partial charge on any atom is -0.464 e. The van der Waals surface area contributed by atoms with E-state index in [-0.39, 0.29) is 19.7 Å². The summed E-state index contributed by atoms with van der Waals surface area (Å²) in [6.45, 7) is 1.13. The van der Waals surface area contributed by atoms with Gasteiger partial charge in [-0.15, -0.1) is 0 Å². The van der Waals surface area contributed by atoms with Crippen LogP contribution in [-0.2, 0) is 14.2 Å². The topological polar surface area (TPSA) is 49.5 Å². The first-order chi connectivity index (χ1) is 8.35. The van der Waals surface area contributed by atoms with Gasteiger partial charge in [-0.3, -0.25) is 0 Å². The highest BCUT2D eigenvalue weighted by molar-refractivity contribution is 5.44. The fraction of sp³-hybridized carbons (Fsp3) is 0.500. The van der Waals surface area contributed by atoms with Crippen molar-refractivity contribution >= 4 is 0 Å². The Bertz CT molecular complexity index is 362. The maximum atomic E-state index is 5.44. The third-order valence-electron chi connectivity index (χ3n) is 2.34. The summed E-state index contributed by atoms with van der Waals surface area (Å²) in [6, 6.07) is 5.71. The van der Waals surface area contributed by atoms with Gasteiger partial charge in [-0.1, -0.05) is 6.07 Å². The summed E-state index contributed by atoms with van der Waals surface area (Å²) in [4.78, 5) is 0. The van der Waals surface area contributed by atoms with E-state index in [9.17, 15) is 0 Å². The molecule has 0 spiro atoms. The van der Waals surface area contributed by atoms with Crippen molar-refractivity contribution in [1.82, 2.24) is 0 Å². The molecule has 2 rings (SSSR count). The molecule has 17 heavy (non-hydrogen) atoms. The Morgan fingerprint density at radius 3 is 2.35 bits per heavy atom. The monoisotopic (exact) mass is 240 g/mol. The van der Waals surface area contributed by atoms with Gasteiger partial charge in [0.15, 0.2) is 25.1 Å². The van der Waals surface area contributed by atoms with Crippen LogP contribution >= 0.6 is 0 Å². The van der Waals surface area contributed by atoms with E-state index in [1.165, 1.54) is 0 Å². The van der Waals surface area contributed by atoms with Gasteiger partial charge in [0.25, 0.3) is 0 Å². The molecule has 1 fully saturated rings. The van der Waals surface area contributed by atoms with E-state index in [2.05, 4.69) is 0 Å². The molecule has 0 aliphatic carbocycles. The van der Waals surface area contributed by atoms with Crippen LogP contribution in [0.4, 0.5) is 0 Å². The summed E-state index contributed by atoms with van der Waals surface area (Å²) in [5.41, 5.74) is 1.08. The van der Waals surface area contributed by atoms with E-state index in [1.54, 1.807) is 14.2 Å². The fourth-order valence-electron chi connectivity index (χ4n) is 1.44. The molecule has 1 heterocycles. The van der Waals surface area contributed by atoms with E-state index in [4.69, 9.17) is 23.7 Å². The minimum atomic E-state index is 0.179. The summed E-state index contributed by atoms with van der Waals surface area (Å²) >= 11 is 0. The molecule has 0 radical (unpaired) electrons. The molecule has 0 bridgehead atoms. The molecule has 1 aromatic carbocycles. The summed E-state index contributed by atoms with van der Waals surface area (Å²) in [5.74, 6) is 1.27. The molecule has 5 nitrogen and oxygen atoms in total. The second-order valence-electron chi connectivity index (χ2n) is 3.63. The highest BCUT2D eigenvalue weighted by Gasteiger charge is 2.25. The lowest BCUT2D eigenvalue weighted by Crippen LogP contribution is -2.04. The normalized spacial score (nSPS) is 17.9. The largest absolute Gasteiger partial charge is 0.464 e. The van der Waals surface area contributed by atoms with E-state index in [0.717, 1.165) is 12.2 Å². The van der Waals surface area contributed by atoms with Gasteiger partial charge in [-0.2, -0.15) is 0 Å². The minimum absolute atomic E-state index is 0.179. The average Bonchev–Trinajstić information content (AvgIpc) is 3.18. The van der Waals surface area contributed by atoms with Crippen LogP contribution in [0.2, 0.25) is 0 Å². The van der Waals surface area contributed by atoms with Crippen molar-refractivity contribution < 1.29 is 23.7 Å². The van der Waals surface area contributed by atoms with Crippen LogP contribution in [0.25, 0.3) is 0 Å². The standard InChI is InChI=1S/C12H16O5/c1-13-7-16-10-4-3-9(12-6-15-12)5-11(10)17-8-14-2/h3-5,12H,6-8H2,1-2H3. The van der Waals surface area contributed by atoms with Crippen molar-refractivity contribution in [2.45, 2.75) is 6.10 Å². The third kappa shape index (κ3) is 3.33. The van der Waals surface area contributed by atoms with Crippen LogP contribution in [0.15, 0.2) is 18.2 Å². The van der Waals surface area contributed by atoms with Gasteiger partial charge in [-0.05, 0) is 17.7 Å². The summed E-state index contributed by atoms with van der Waals surface area (Å²) in [6.07, 6.45) is 0.191. The number of hydrogen-bond donors (Lipinski definition) is 0. The van der Waals surface area contributed by atoms with E-state index in [0.29, 0.717) is 11.5 Å². The molecule has 0 saturated carbocycles. The number of rotatable bonds is 7. The molecule has 0 amide bonds. The quantitative estimate of drug-likeness (QED) is 0.536. The molecular weight excluding hydrogens is 224 g/mol. The Morgan fingerprint density at radius 1 is 1.12 bits per heavy atom. The summed E-state index contributed by atoms with van der Waals surface area (Å²) in [5, 5.41) is 0. The van der Waals surface area contributed by atoms with Crippen molar-refractivity contribution in [2.75, 3.05) is 34.4 Å². The summed E-state index contributed by atoms with van der Waals surface area (Å²) < 4.78 is 25.8. The van der Waals surface area contributed by atoms with Crippen LogP contribution in [0.3, 0.4) is 0 Å². The molecule has 5 heteroatoms. The van der Waals surface area contributed by atoms with Gasteiger partial charge in [0.05, 0.1) is 6.61 Å². The van der Waals surface area contributed by atoms with Gasteiger partial charge in [0.1, 0.15) is 6.10 Å². The fourth-order valence-corrected chi connectivity index (χ4v) is 1.44. The Morgan fingerprint density at radius 2 is 1.76 bits per heavy atom. The molecule has 1 atom stereocenters. The highest BCUT2D eigenvalue weighted by Crippen LogP contribution is 2.36. The number of methoxy groups -OCH3 is 2. The first kappa shape index (κ1) is 12.2. The molecular formula is C12H16O5. The van der Waals surface area contributed by atoms with Gasteiger partial charge >= 0.3 is 0 Å². The second-order valence-corrected chi connectivity index (χ2v) is 3.63. The van der Waals surface area contributed by atoms with Crippen molar-refractivity contribution in [1.29, 1.82) is 0 Å². The summed E-state index contributed by atoms with van der Waals surface area (Å²) in [7, 11) is 3.14. The van der Waals surface area contributed by atoms with E-state index < -0.39 is 0 Å². The van der Waals surface area contributed by atoms with Crippen molar-refractivity contribution in [3.63, 3.8) is 0 Å². The molecule has 1 aromatic rings. The van der Waals surface area contributed by atoms with Crippen LogP contribution in [0, 0.1) is 0 Å². The molecule has 1 unspecified atom stereocenters. The average molecular weight is 240 g/mol. The third-order valence-corrected chi connectivity index (χ3v) is 2.34. The first-order valence-electron chi connectivity index (χ1n) is 5.34. The Labute approximate surface area is 100 Å². The maximum absolute atomic E-state index is 5.44. The Balaban J connectivity index is 2.11. The smallest absolute Gasteiger partial charge is 0.188 e. The lowest BCUT2D eigenvalue weighted by molar-refractivity contribution is 0.0322. The molecule has 1 aliphatic rings. The zero-order chi connectivity index (χ0) is 12.1. The number of benzene rings is 1. The van der Waals surface area contributed by atoms with Crippen molar-refractivity contribution in [3.8, 4) is 11.5 Å². The first-order valence-corrected chi connectivity index (χ1v) is 5.34. The number of ether oxygens (including phenoxy) is 5. The lowest BCUT2D eigenvalue weighted by Gasteiger charge is -2.12. The Hall–Kier alpha value is -1.30. The van der Waals surface area contributed by atoms with Crippen molar-refractivity contribution in [2.24, 2.45) is 0 Å². The lowest BCUT2D eigenvalue weighted by atomic mass is 10.1. The molecule has 0 N–H and O–H groups in total. The van der Waals surface area contributed by atoms with E-state index >= 15 is 0 Å². The second kappa shape index (κ2) is 5.86. The van der Waals surface area contributed by atoms with Crippen LogP contribution in [0.5, 0.6) is 11.5 Å².